The molecule has 0 saturated heterocycles. The summed E-state index contributed by atoms with van der Waals surface area (Å²) in [7, 11) is 0. The molecule has 0 aliphatic heterocycles. The first-order valence-electron chi connectivity index (χ1n) is 6.99. The summed E-state index contributed by atoms with van der Waals surface area (Å²) in [5.74, 6) is 0.101. The average molecular weight is 285 g/mol. The number of nitrogens with two attached hydrogens (primary N) is 1. The SMILES string of the molecule is CCc1ccc(NC(N)=NCc2ccc(C)c(F)c2)cc1. The molecular formula is C17H20FN3. The topological polar surface area (TPSA) is 50.4 Å². The van der Waals surface area contributed by atoms with Crippen LogP contribution in [0.5, 0.6) is 0 Å². The van der Waals surface area contributed by atoms with Crippen LogP contribution >= 0.6 is 0 Å². The summed E-state index contributed by atoms with van der Waals surface area (Å²) in [5.41, 5.74) is 9.42. The fourth-order valence-electron chi connectivity index (χ4n) is 1.92. The number of aryl methyl sites for hydroxylation is 2. The summed E-state index contributed by atoms with van der Waals surface area (Å²) in [6.07, 6.45) is 1.00. The molecule has 0 aliphatic carbocycles. The molecule has 0 fully saturated rings. The van der Waals surface area contributed by atoms with Gasteiger partial charge in [-0.05, 0) is 48.2 Å². The van der Waals surface area contributed by atoms with E-state index in [0.717, 1.165) is 17.7 Å². The average Bonchev–Trinajstić information content (AvgIpc) is 2.49. The van der Waals surface area contributed by atoms with Crippen LogP contribution in [0, 0.1) is 12.7 Å². The maximum atomic E-state index is 13.4. The summed E-state index contributed by atoms with van der Waals surface area (Å²) in [5, 5.41) is 3.02. The largest absolute Gasteiger partial charge is 0.370 e. The van der Waals surface area contributed by atoms with E-state index in [1.165, 1.54) is 11.6 Å². The van der Waals surface area contributed by atoms with E-state index in [1.807, 2.05) is 30.3 Å². The molecule has 21 heavy (non-hydrogen) atoms. The van der Waals surface area contributed by atoms with Crippen molar-refractivity contribution in [1.29, 1.82) is 0 Å². The predicted molar refractivity (Wildman–Crippen MR) is 85.9 cm³/mol. The van der Waals surface area contributed by atoms with Crippen molar-refractivity contribution in [1.82, 2.24) is 0 Å². The maximum absolute atomic E-state index is 13.4. The van der Waals surface area contributed by atoms with Crippen LogP contribution in [0.2, 0.25) is 0 Å². The molecule has 0 atom stereocenters. The highest BCUT2D eigenvalue weighted by Gasteiger charge is 2.00. The van der Waals surface area contributed by atoms with Gasteiger partial charge in [0.25, 0.3) is 0 Å². The second-order valence-corrected chi connectivity index (χ2v) is 4.96. The fourth-order valence-corrected chi connectivity index (χ4v) is 1.92. The van der Waals surface area contributed by atoms with Crippen molar-refractivity contribution in [3.05, 3.63) is 65.0 Å². The zero-order chi connectivity index (χ0) is 15.2. The smallest absolute Gasteiger partial charge is 0.193 e. The van der Waals surface area contributed by atoms with E-state index in [2.05, 4.69) is 17.2 Å². The number of nitrogens with zero attached hydrogens (tertiary/aromatic N) is 1. The third-order valence-corrected chi connectivity index (χ3v) is 3.30. The van der Waals surface area contributed by atoms with E-state index in [4.69, 9.17) is 5.73 Å². The van der Waals surface area contributed by atoms with Crippen LogP contribution in [0.25, 0.3) is 0 Å². The zero-order valence-corrected chi connectivity index (χ0v) is 12.4. The lowest BCUT2D eigenvalue weighted by atomic mass is 10.1. The van der Waals surface area contributed by atoms with Gasteiger partial charge in [-0.3, -0.25) is 0 Å². The molecule has 2 aromatic rings. The van der Waals surface area contributed by atoms with Gasteiger partial charge in [-0.1, -0.05) is 31.2 Å². The second kappa shape index (κ2) is 6.88. The van der Waals surface area contributed by atoms with E-state index in [-0.39, 0.29) is 5.82 Å². The van der Waals surface area contributed by atoms with Gasteiger partial charge < -0.3 is 11.1 Å². The van der Waals surface area contributed by atoms with Crippen molar-refractivity contribution in [2.45, 2.75) is 26.8 Å². The Morgan fingerprint density at radius 1 is 1.14 bits per heavy atom. The van der Waals surface area contributed by atoms with Gasteiger partial charge in [0.05, 0.1) is 6.54 Å². The summed E-state index contributed by atoms with van der Waals surface area (Å²) in [4.78, 5) is 4.22. The highest BCUT2D eigenvalue weighted by molar-refractivity contribution is 5.92. The minimum Gasteiger partial charge on any atom is -0.370 e. The highest BCUT2D eigenvalue weighted by atomic mass is 19.1. The van der Waals surface area contributed by atoms with Crippen LogP contribution in [-0.4, -0.2) is 5.96 Å². The van der Waals surface area contributed by atoms with E-state index in [0.29, 0.717) is 18.1 Å². The number of rotatable bonds is 4. The van der Waals surface area contributed by atoms with Crippen molar-refractivity contribution in [2.24, 2.45) is 10.7 Å². The number of benzene rings is 2. The number of halogens is 1. The first-order chi connectivity index (χ1) is 10.1. The molecule has 0 heterocycles. The molecule has 0 saturated carbocycles. The number of aliphatic imine (C=N–C) groups is 1. The summed E-state index contributed by atoms with van der Waals surface area (Å²) in [6, 6.07) is 13.1. The van der Waals surface area contributed by atoms with Crippen molar-refractivity contribution in [2.75, 3.05) is 5.32 Å². The Labute approximate surface area is 124 Å². The van der Waals surface area contributed by atoms with Gasteiger partial charge in [0.2, 0.25) is 0 Å². The number of hydrogen-bond donors (Lipinski definition) is 2. The molecule has 4 heteroatoms. The Bertz CT molecular complexity index is 633. The molecule has 0 aromatic heterocycles. The third kappa shape index (κ3) is 4.31. The summed E-state index contributed by atoms with van der Waals surface area (Å²) < 4.78 is 13.4. The van der Waals surface area contributed by atoms with Crippen molar-refractivity contribution >= 4 is 11.6 Å². The molecule has 2 rings (SSSR count). The maximum Gasteiger partial charge on any atom is 0.193 e. The van der Waals surface area contributed by atoms with Gasteiger partial charge in [0, 0.05) is 5.69 Å². The van der Waals surface area contributed by atoms with E-state index in [9.17, 15) is 4.39 Å². The molecule has 3 nitrogen and oxygen atoms in total. The van der Waals surface area contributed by atoms with Crippen LogP contribution in [0.1, 0.15) is 23.6 Å². The molecule has 0 unspecified atom stereocenters. The van der Waals surface area contributed by atoms with Gasteiger partial charge >= 0.3 is 0 Å². The van der Waals surface area contributed by atoms with E-state index in [1.54, 1.807) is 13.0 Å². The standard InChI is InChI=1S/C17H20FN3/c1-3-13-6-8-15(9-7-13)21-17(19)20-11-14-5-4-12(2)16(18)10-14/h4-10H,3,11H2,1-2H3,(H3,19,20,21). The van der Waals surface area contributed by atoms with Gasteiger partial charge in [-0.15, -0.1) is 0 Å². The fraction of sp³-hybridized carbons (Fsp3) is 0.235. The lowest BCUT2D eigenvalue weighted by molar-refractivity contribution is 0.616. The molecule has 0 radical (unpaired) electrons. The Hall–Kier alpha value is -2.36. The van der Waals surface area contributed by atoms with Crippen LogP contribution in [0.4, 0.5) is 10.1 Å². The molecule has 3 N–H and O–H groups in total. The Balaban J connectivity index is 1.98. The molecule has 110 valence electrons. The number of hydrogen-bond acceptors (Lipinski definition) is 1. The van der Waals surface area contributed by atoms with Crippen molar-refractivity contribution in [3.8, 4) is 0 Å². The highest BCUT2D eigenvalue weighted by Crippen LogP contribution is 2.11. The van der Waals surface area contributed by atoms with Crippen LogP contribution in [0.3, 0.4) is 0 Å². The van der Waals surface area contributed by atoms with Crippen LogP contribution in [-0.2, 0) is 13.0 Å². The monoisotopic (exact) mass is 285 g/mol. The van der Waals surface area contributed by atoms with E-state index >= 15 is 0 Å². The van der Waals surface area contributed by atoms with Gasteiger partial charge in [0.1, 0.15) is 5.82 Å². The summed E-state index contributed by atoms with van der Waals surface area (Å²) >= 11 is 0. The normalized spacial score (nSPS) is 11.5. The summed E-state index contributed by atoms with van der Waals surface area (Å²) in [6.45, 7) is 4.19. The molecule has 0 aliphatic rings. The first kappa shape index (κ1) is 15.0. The van der Waals surface area contributed by atoms with Gasteiger partial charge in [-0.25, -0.2) is 9.38 Å². The van der Waals surface area contributed by atoms with Crippen molar-refractivity contribution in [3.63, 3.8) is 0 Å². The second-order valence-electron chi connectivity index (χ2n) is 4.96. The van der Waals surface area contributed by atoms with Crippen molar-refractivity contribution < 1.29 is 4.39 Å². The third-order valence-electron chi connectivity index (χ3n) is 3.30. The number of guanidine groups is 1. The number of anilines is 1. The molecule has 0 spiro atoms. The molecular weight excluding hydrogens is 265 g/mol. The Kier molecular flexibility index (Phi) is 4.93. The Morgan fingerprint density at radius 3 is 2.43 bits per heavy atom. The first-order valence-corrected chi connectivity index (χ1v) is 6.99. The molecule has 2 aromatic carbocycles. The number of nitrogens with one attached hydrogen (secondary N) is 1. The lowest BCUT2D eigenvalue weighted by Crippen LogP contribution is -2.22. The molecule has 0 amide bonds. The Morgan fingerprint density at radius 2 is 1.81 bits per heavy atom. The minimum absolute atomic E-state index is 0.218. The lowest BCUT2D eigenvalue weighted by Gasteiger charge is -2.07. The van der Waals surface area contributed by atoms with Crippen LogP contribution in [0.15, 0.2) is 47.5 Å². The molecule has 0 bridgehead atoms. The zero-order valence-electron chi connectivity index (χ0n) is 12.4. The van der Waals surface area contributed by atoms with E-state index < -0.39 is 0 Å². The quantitative estimate of drug-likeness (QED) is 0.666. The van der Waals surface area contributed by atoms with Gasteiger partial charge in [-0.2, -0.15) is 0 Å². The van der Waals surface area contributed by atoms with Crippen LogP contribution < -0.4 is 11.1 Å². The predicted octanol–water partition coefficient (Wildman–Crippen LogP) is 3.62. The van der Waals surface area contributed by atoms with Gasteiger partial charge in [0.15, 0.2) is 5.96 Å². The minimum atomic E-state index is -0.218.